The second-order valence-corrected chi connectivity index (χ2v) is 7.99. The summed E-state index contributed by atoms with van der Waals surface area (Å²) in [5, 5.41) is 16.1. The summed E-state index contributed by atoms with van der Waals surface area (Å²) in [5.41, 5.74) is -0.705. The molecule has 0 aliphatic heterocycles. The van der Waals surface area contributed by atoms with E-state index >= 15 is 0 Å². The van der Waals surface area contributed by atoms with Crippen molar-refractivity contribution in [1.82, 2.24) is 15.3 Å². The van der Waals surface area contributed by atoms with Crippen LogP contribution in [0.3, 0.4) is 0 Å². The predicted molar refractivity (Wildman–Crippen MR) is 111 cm³/mol. The predicted octanol–water partition coefficient (Wildman–Crippen LogP) is 4.42. The summed E-state index contributed by atoms with van der Waals surface area (Å²) in [6.07, 6.45) is -0.681. The van der Waals surface area contributed by atoms with Crippen LogP contribution in [-0.4, -0.2) is 39.9 Å². The van der Waals surface area contributed by atoms with Crippen LogP contribution in [0.4, 0.5) is 38.4 Å². The van der Waals surface area contributed by atoms with Gasteiger partial charge in [0, 0.05) is 17.0 Å². The van der Waals surface area contributed by atoms with Crippen LogP contribution < -0.4 is 16.0 Å². The molecule has 2 amide bonds. The molecule has 1 aliphatic carbocycles. The molecule has 13 heteroatoms. The van der Waals surface area contributed by atoms with E-state index in [4.69, 9.17) is 4.42 Å². The Morgan fingerprint density at radius 2 is 1.91 bits per heavy atom. The van der Waals surface area contributed by atoms with E-state index < -0.39 is 41.2 Å². The Morgan fingerprint density at radius 3 is 2.50 bits per heavy atom. The number of nitrogens with zero attached hydrogens (tertiary/aromatic N) is 2. The third-order valence-electron chi connectivity index (χ3n) is 5.47. The third kappa shape index (κ3) is 5.03. The number of aliphatic hydroxyl groups is 1. The normalized spacial score (nSPS) is 15.7. The fourth-order valence-electron chi connectivity index (χ4n) is 3.58. The van der Waals surface area contributed by atoms with Crippen LogP contribution in [0, 0.1) is 24.5 Å². The second-order valence-electron chi connectivity index (χ2n) is 7.99. The molecular weight excluding hydrogens is 465 g/mol. The first-order chi connectivity index (χ1) is 16.1. The summed E-state index contributed by atoms with van der Waals surface area (Å²) in [6, 6.07) is -2.74. The summed E-state index contributed by atoms with van der Waals surface area (Å²) >= 11 is 0. The van der Waals surface area contributed by atoms with Crippen molar-refractivity contribution in [3.05, 3.63) is 47.5 Å². The largest absolute Gasteiger partial charge is 0.455 e. The van der Waals surface area contributed by atoms with Crippen LogP contribution in [0.1, 0.15) is 30.2 Å². The van der Waals surface area contributed by atoms with Crippen molar-refractivity contribution in [2.24, 2.45) is 5.92 Å². The standard InChI is InChI=1S/C21H20F5N5O3/c1-9-13-4-11(22)5-14(23)17(13)34-16(9)18(21(24,25)26)31-20(33)29-12-6-27-19(28-7-12)30-15(8-32)10-2-3-10/h4-7,10,15,18,32H,2-3,8H2,1H3,(H,27,28,30)(H2,29,31,33). The van der Waals surface area contributed by atoms with Gasteiger partial charge in [0.2, 0.25) is 5.95 Å². The molecule has 182 valence electrons. The van der Waals surface area contributed by atoms with E-state index in [1.165, 1.54) is 19.3 Å². The van der Waals surface area contributed by atoms with Gasteiger partial charge < -0.3 is 25.5 Å². The molecule has 1 aromatic carbocycles. The highest BCUT2D eigenvalue weighted by atomic mass is 19.4. The molecule has 0 bridgehead atoms. The summed E-state index contributed by atoms with van der Waals surface area (Å²) in [4.78, 5) is 20.3. The van der Waals surface area contributed by atoms with Crippen LogP contribution in [-0.2, 0) is 0 Å². The van der Waals surface area contributed by atoms with E-state index in [0.717, 1.165) is 18.9 Å². The van der Waals surface area contributed by atoms with E-state index in [9.17, 15) is 31.9 Å². The highest BCUT2D eigenvalue weighted by molar-refractivity contribution is 5.89. The van der Waals surface area contributed by atoms with Gasteiger partial charge in [-0.1, -0.05) is 0 Å². The SMILES string of the molecule is Cc1c(C(NC(=O)Nc2cnc(NC(CO)C3CC3)nc2)C(F)(F)F)oc2c(F)cc(F)cc12. The lowest BCUT2D eigenvalue weighted by atomic mass is 10.1. The van der Waals surface area contributed by atoms with Gasteiger partial charge in [-0.05, 0) is 31.7 Å². The van der Waals surface area contributed by atoms with Crippen LogP contribution >= 0.6 is 0 Å². The van der Waals surface area contributed by atoms with Crippen molar-refractivity contribution in [2.45, 2.75) is 38.0 Å². The summed E-state index contributed by atoms with van der Waals surface area (Å²) in [6.45, 7) is 1.10. The van der Waals surface area contributed by atoms with E-state index in [1.54, 1.807) is 5.32 Å². The first-order valence-corrected chi connectivity index (χ1v) is 10.3. The first kappa shape index (κ1) is 23.7. The zero-order valence-electron chi connectivity index (χ0n) is 17.7. The highest BCUT2D eigenvalue weighted by Gasteiger charge is 2.45. The molecule has 0 saturated heterocycles. The van der Waals surface area contributed by atoms with Crippen molar-refractivity contribution in [2.75, 3.05) is 17.2 Å². The number of aryl methyl sites for hydroxylation is 1. The fourth-order valence-corrected chi connectivity index (χ4v) is 3.58. The molecule has 8 nitrogen and oxygen atoms in total. The van der Waals surface area contributed by atoms with Gasteiger partial charge in [0.25, 0.3) is 0 Å². The van der Waals surface area contributed by atoms with Crippen molar-refractivity contribution >= 4 is 28.6 Å². The number of amides is 2. The van der Waals surface area contributed by atoms with Crippen LogP contribution in [0.5, 0.6) is 0 Å². The third-order valence-corrected chi connectivity index (χ3v) is 5.47. The number of hydrogen-bond acceptors (Lipinski definition) is 6. The molecule has 4 rings (SSSR count). The van der Waals surface area contributed by atoms with Crippen LogP contribution in [0.15, 0.2) is 28.9 Å². The molecule has 4 N–H and O–H groups in total. The van der Waals surface area contributed by atoms with Crippen molar-refractivity contribution in [3.63, 3.8) is 0 Å². The Labute approximate surface area is 189 Å². The van der Waals surface area contributed by atoms with Gasteiger partial charge >= 0.3 is 12.2 Å². The number of benzene rings is 1. The van der Waals surface area contributed by atoms with Crippen LogP contribution in [0.25, 0.3) is 11.0 Å². The molecule has 0 spiro atoms. The number of halogens is 5. The maximum Gasteiger partial charge on any atom is 0.416 e. The molecule has 34 heavy (non-hydrogen) atoms. The number of alkyl halides is 3. The average Bonchev–Trinajstić information content (AvgIpc) is 3.55. The van der Waals surface area contributed by atoms with Gasteiger partial charge in [0.1, 0.15) is 11.6 Å². The van der Waals surface area contributed by atoms with Crippen molar-refractivity contribution in [3.8, 4) is 0 Å². The van der Waals surface area contributed by atoms with E-state index in [1.807, 2.05) is 0 Å². The number of carbonyl (C=O) groups is 1. The molecule has 3 aromatic rings. The van der Waals surface area contributed by atoms with Gasteiger partial charge in [0.05, 0.1) is 30.7 Å². The van der Waals surface area contributed by atoms with Gasteiger partial charge in [-0.2, -0.15) is 13.2 Å². The molecule has 2 atom stereocenters. The number of hydrogen-bond donors (Lipinski definition) is 4. The smallest absolute Gasteiger partial charge is 0.416 e. The van der Waals surface area contributed by atoms with E-state index in [-0.39, 0.29) is 35.2 Å². The number of fused-ring (bicyclic) bond motifs is 1. The molecule has 1 aliphatic rings. The number of aliphatic hydroxyl groups excluding tert-OH is 1. The molecular formula is C21H20F5N5O3. The number of nitrogens with one attached hydrogen (secondary N) is 3. The van der Waals surface area contributed by atoms with Crippen LogP contribution in [0.2, 0.25) is 0 Å². The van der Waals surface area contributed by atoms with Crippen molar-refractivity contribution < 1.29 is 36.3 Å². The fraction of sp³-hybridized carbons (Fsp3) is 0.381. The van der Waals surface area contributed by atoms with Gasteiger partial charge in [-0.15, -0.1) is 0 Å². The number of rotatable bonds is 7. The Bertz CT molecular complexity index is 1190. The molecule has 2 aromatic heterocycles. The topological polar surface area (TPSA) is 112 Å². The number of carbonyl (C=O) groups excluding carboxylic acids is 1. The molecule has 2 heterocycles. The Kier molecular flexibility index (Phi) is 6.30. The Balaban J connectivity index is 1.49. The quantitative estimate of drug-likeness (QED) is 0.369. The first-order valence-electron chi connectivity index (χ1n) is 10.3. The lowest BCUT2D eigenvalue weighted by Crippen LogP contribution is -2.40. The zero-order valence-corrected chi connectivity index (χ0v) is 17.7. The Morgan fingerprint density at radius 1 is 1.24 bits per heavy atom. The maximum absolute atomic E-state index is 14.0. The minimum atomic E-state index is -5.00. The molecule has 0 radical (unpaired) electrons. The van der Waals surface area contributed by atoms with Crippen molar-refractivity contribution in [1.29, 1.82) is 0 Å². The summed E-state index contributed by atoms with van der Waals surface area (Å²) < 4.78 is 73.8. The second kappa shape index (κ2) is 9.05. The molecule has 1 fully saturated rings. The van der Waals surface area contributed by atoms with Gasteiger partial charge in [0.15, 0.2) is 17.4 Å². The number of urea groups is 1. The lowest BCUT2D eigenvalue weighted by Gasteiger charge is -2.21. The summed E-state index contributed by atoms with van der Waals surface area (Å²) in [5.74, 6) is -2.39. The maximum atomic E-state index is 14.0. The average molecular weight is 485 g/mol. The zero-order chi connectivity index (χ0) is 24.6. The highest BCUT2D eigenvalue weighted by Crippen LogP contribution is 2.39. The Hall–Kier alpha value is -3.48. The lowest BCUT2D eigenvalue weighted by molar-refractivity contribution is -0.158. The number of furan rings is 1. The monoisotopic (exact) mass is 485 g/mol. The molecule has 1 saturated carbocycles. The number of aromatic nitrogens is 2. The van der Waals surface area contributed by atoms with Gasteiger partial charge in [-0.25, -0.2) is 23.5 Å². The summed E-state index contributed by atoms with van der Waals surface area (Å²) in [7, 11) is 0. The number of anilines is 2. The molecule has 2 unspecified atom stereocenters. The minimum absolute atomic E-state index is 0.00499. The minimum Gasteiger partial charge on any atom is -0.455 e. The van der Waals surface area contributed by atoms with E-state index in [2.05, 4.69) is 20.6 Å². The van der Waals surface area contributed by atoms with Gasteiger partial charge in [-0.3, -0.25) is 0 Å². The van der Waals surface area contributed by atoms with E-state index in [0.29, 0.717) is 12.0 Å².